The third-order valence-corrected chi connectivity index (χ3v) is 5.49. The van der Waals surface area contributed by atoms with Crippen molar-refractivity contribution in [3.8, 4) is 0 Å². The van der Waals surface area contributed by atoms with Gasteiger partial charge in [0.05, 0.1) is 5.57 Å². The van der Waals surface area contributed by atoms with Crippen LogP contribution in [-0.2, 0) is 4.79 Å². The van der Waals surface area contributed by atoms with Crippen molar-refractivity contribution in [3.05, 3.63) is 33.7 Å². The van der Waals surface area contributed by atoms with Gasteiger partial charge < -0.3 is 11.1 Å². The number of hydrogen-bond donors (Lipinski definition) is 2. The number of aromatic nitrogens is 3. The average molecular weight is 349 g/mol. The molecule has 0 saturated heterocycles. The summed E-state index contributed by atoms with van der Waals surface area (Å²) in [6, 6.07) is 3.65. The Balaban J connectivity index is 1.99. The highest BCUT2D eigenvalue weighted by molar-refractivity contribution is 7.99. The van der Waals surface area contributed by atoms with E-state index in [4.69, 9.17) is 5.73 Å². The number of rotatable bonds is 6. The molecule has 0 bridgehead atoms. The van der Waals surface area contributed by atoms with Crippen molar-refractivity contribution in [2.75, 3.05) is 11.1 Å². The first kappa shape index (κ1) is 16.1. The minimum atomic E-state index is -0.435. The summed E-state index contributed by atoms with van der Waals surface area (Å²) < 4.78 is 1.77. The van der Waals surface area contributed by atoms with Gasteiger partial charge in [-0.25, -0.2) is 4.68 Å². The summed E-state index contributed by atoms with van der Waals surface area (Å²) in [6.07, 6.45) is 2.27. The summed E-state index contributed by atoms with van der Waals surface area (Å²) in [5.74, 6) is 1.21. The van der Waals surface area contributed by atoms with E-state index >= 15 is 0 Å². The zero-order valence-electron chi connectivity index (χ0n) is 13.1. The zero-order valence-corrected chi connectivity index (χ0v) is 14.7. The van der Waals surface area contributed by atoms with Crippen molar-refractivity contribution in [3.63, 3.8) is 0 Å². The number of hydrogen-bond acceptors (Lipinski definition) is 6. The average Bonchev–Trinajstić information content (AvgIpc) is 3.14. The standard InChI is InChI=1S/C15H19N5OS2/c1-3-4-7-23-15-18-14-17-9(2)11(13(16)21)12(20(14)19-15)10-6-5-8-22-10/h5-6,8,12H,3-4,7H2,1-2H3,(H2,16,21)(H,17,18,19). The third-order valence-electron chi connectivity index (χ3n) is 3.64. The fourth-order valence-electron chi connectivity index (χ4n) is 2.53. The van der Waals surface area contributed by atoms with E-state index in [0.717, 1.165) is 34.3 Å². The molecule has 0 aromatic carbocycles. The van der Waals surface area contributed by atoms with Crippen molar-refractivity contribution in [2.45, 2.75) is 37.9 Å². The van der Waals surface area contributed by atoms with Crippen molar-refractivity contribution < 1.29 is 4.79 Å². The normalized spacial score (nSPS) is 17.0. The van der Waals surface area contributed by atoms with Crippen LogP contribution in [0.3, 0.4) is 0 Å². The lowest BCUT2D eigenvalue weighted by atomic mass is 10.0. The largest absolute Gasteiger partial charge is 0.366 e. The van der Waals surface area contributed by atoms with Gasteiger partial charge in [0.1, 0.15) is 6.04 Å². The van der Waals surface area contributed by atoms with E-state index < -0.39 is 5.91 Å². The minimum Gasteiger partial charge on any atom is -0.366 e. The first-order chi connectivity index (χ1) is 11.1. The molecular formula is C15H19N5OS2. The Morgan fingerprint density at radius 1 is 1.57 bits per heavy atom. The predicted molar refractivity (Wildman–Crippen MR) is 93.6 cm³/mol. The number of thiophene rings is 1. The van der Waals surface area contributed by atoms with E-state index in [1.54, 1.807) is 27.8 Å². The van der Waals surface area contributed by atoms with E-state index in [1.807, 2.05) is 24.4 Å². The number of amides is 1. The topological polar surface area (TPSA) is 85.8 Å². The van der Waals surface area contributed by atoms with Gasteiger partial charge in [0.25, 0.3) is 0 Å². The van der Waals surface area contributed by atoms with E-state index in [1.165, 1.54) is 0 Å². The third kappa shape index (κ3) is 3.13. The molecule has 3 N–H and O–H groups in total. The first-order valence-electron chi connectivity index (χ1n) is 7.52. The smallest absolute Gasteiger partial charge is 0.248 e. The number of nitrogens with one attached hydrogen (secondary N) is 1. The molecule has 0 fully saturated rings. The van der Waals surface area contributed by atoms with Gasteiger partial charge >= 0.3 is 0 Å². The lowest BCUT2D eigenvalue weighted by Crippen LogP contribution is -2.31. The molecule has 3 rings (SSSR count). The summed E-state index contributed by atoms with van der Waals surface area (Å²) in [5, 5.41) is 10.5. The molecule has 2 aromatic heterocycles. The van der Waals surface area contributed by atoms with Crippen LogP contribution in [0.1, 0.15) is 37.6 Å². The fraction of sp³-hybridized carbons (Fsp3) is 0.400. The van der Waals surface area contributed by atoms with Gasteiger partial charge in [-0.3, -0.25) is 4.79 Å². The van der Waals surface area contributed by atoms with E-state index in [0.29, 0.717) is 11.5 Å². The molecule has 3 heterocycles. The second kappa shape index (κ2) is 6.76. The van der Waals surface area contributed by atoms with Gasteiger partial charge in [-0.15, -0.1) is 16.4 Å². The number of nitrogens with zero attached hydrogens (tertiary/aromatic N) is 3. The van der Waals surface area contributed by atoms with Crippen molar-refractivity contribution in [1.29, 1.82) is 0 Å². The molecule has 0 radical (unpaired) electrons. The number of primary amides is 1. The molecule has 1 amide bonds. The van der Waals surface area contributed by atoms with Crippen LogP contribution in [0.5, 0.6) is 0 Å². The van der Waals surface area contributed by atoms with Crippen LogP contribution in [0.4, 0.5) is 5.95 Å². The molecule has 2 aromatic rings. The highest BCUT2D eigenvalue weighted by atomic mass is 32.2. The maximum absolute atomic E-state index is 12.0. The molecular weight excluding hydrogens is 330 g/mol. The number of carbonyl (C=O) groups is 1. The Morgan fingerprint density at radius 3 is 3.04 bits per heavy atom. The molecule has 0 saturated carbocycles. The van der Waals surface area contributed by atoms with E-state index in [-0.39, 0.29) is 6.04 Å². The molecule has 122 valence electrons. The second-order valence-electron chi connectivity index (χ2n) is 5.31. The summed E-state index contributed by atoms with van der Waals surface area (Å²) >= 11 is 3.22. The lowest BCUT2D eigenvalue weighted by molar-refractivity contribution is -0.115. The van der Waals surface area contributed by atoms with Gasteiger partial charge in [-0.05, 0) is 24.8 Å². The number of anilines is 1. The Kier molecular flexibility index (Phi) is 4.72. The Bertz CT molecular complexity index is 735. The molecule has 1 unspecified atom stereocenters. The Labute approximate surface area is 143 Å². The zero-order chi connectivity index (χ0) is 16.4. The Morgan fingerprint density at radius 2 is 2.39 bits per heavy atom. The number of unbranched alkanes of at least 4 members (excludes halogenated alkanes) is 1. The lowest BCUT2D eigenvalue weighted by Gasteiger charge is -2.26. The number of nitrogens with two attached hydrogens (primary N) is 1. The van der Waals surface area contributed by atoms with Crippen LogP contribution in [0.2, 0.25) is 0 Å². The maximum Gasteiger partial charge on any atom is 0.248 e. The first-order valence-corrected chi connectivity index (χ1v) is 9.38. The van der Waals surface area contributed by atoms with Gasteiger partial charge in [0.2, 0.25) is 17.0 Å². The van der Waals surface area contributed by atoms with E-state index in [9.17, 15) is 4.79 Å². The molecule has 0 spiro atoms. The fourth-order valence-corrected chi connectivity index (χ4v) is 4.26. The van der Waals surface area contributed by atoms with Gasteiger partial charge in [-0.2, -0.15) is 4.98 Å². The van der Waals surface area contributed by atoms with Gasteiger partial charge in [0.15, 0.2) is 0 Å². The summed E-state index contributed by atoms with van der Waals surface area (Å²) in [5.41, 5.74) is 6.89. The van der Waals surface area contributed by atoms with Crippen LogP contribution in [0.15, 0.2) is 33.9 Å². The molecule has 1 aliphatic heterocycles. The van der Waals surface area contributed by atoms with Gasteiger partial charge in [-0.1, -0.05) is 31.2 Å². The van der Waals surface area contributed by atoms with Crippen LogP contribution in [-0.4, -0.2) is 26.4 Å². The van der Waals surface area contributed by atoms with Crippen molar-refractivity contribution in [1.82, 2.24) is 14.8 Å². The number of thioether (sulfide) groups is 1. The Hall–Kier alpha value is -1.80. The summed E-state index contributed by atoms with van der Waals surface area (Å²) in [6.45, 7) is 4.01. The summed E-state index contributed by atoms with van der Waals surface area (Å²) in [7, 11) is 0. The number of carbonyl (C=O) groups excluding carboxylic acids is 1. The molecule has 6 nitrogen and oxygen atoms in total. The molecule has 23 heavy (non-hydrogen) atoms. The SMILES string of the molecule is CCCCSc1nc2n(n1)C(c1cccs1)C(C(N)=O)=C(C)N2. The monoisotopic (exact) mass is 349 g/mol. The van der Waals surface area contributed by atoms with Gasteiger partial charge in [0, 0.05) is 16.3 Å². The minimum absolute atomic E-state index is 0.309. The molecule has 1 atom stereocenters. The van der Waals surface area contributed by atoms with Crippen molar-refractivity contribution >= 4 is 35.0 Å². The van der Waals surface area contributed by atoms with E-state index in [2.05, 4.69) is 22.3 Å². The van der Waals surface area contributed by atoms with Crippen LogP contribution in [0, 0.1) is 0 Å². The maximum atomic E-state index is 12.0. The van der Waals surface area contributed by atoms with Crippen LogP contribution >= 0.6 is 23.1 Å². The highest BCUT2D eigenvalue weighted by Crippen LogP contribution is 2.37. The molecule has 8 heteroatoms. The second-order valence-corrected chi connectivity index (χ2v) is 7.35. The summed E-state index contributed by atoms with van der Waals surface area (Å²) in [4.78, 5) is 17.5. The highest BCUT2D eigenvalue weighted by Gasteiger charge is 2.33. The quantitative estimate of drug-likeness (QED) is 0.618. The van der Waals surface area contributed by atoms with Crippen LogP contribution < -0.4 is 11.1 Å². The van der Waals surface area contributed by atoms with Crippen molar-refractivity contribution in [2.24, 2.45) is 5.73 Å². The molecule has 0 aliphatic carbocycles. The number of allylic oxidation sites excluding steroid dienone is 1. The number of fused-ring (bicyclic) bond motifs is 1. The van der Waals surface area contributed by atoms with Crippen LogP contribution in [0.25, 0.3) is 0 Å². The predicted octanol–water partition coefficient (Wildman–Crippen LogP) is 3.01. The molecule has 1 aliphatic rings.